The number of ketones is 1. The minimum atomic E-state index is -0.157. The van der Waals surface area contributed by atoms with Gasteiger partial charge in [-0.3, -0.25) is 4.79 Å². The van der Waals surface area contributed by atoms with E-state index in [0.717, 1.165) is 37.2 Å². The summed E-state index contributed by atoms with van der Waals surface area (Å²) in [6, 6.07) is 0. The van der Waals surface area contributed by atoms with Crippen molar-refractivity contribution in [2.24, 2.45) is 28.6 Å². The van der Waals surface area contributed by atoms with Crippen LogP contribution < -0.4 is 0 Å². The molecule has 4 rings (SSSR count). The number of hydrogen-bond acceptors (Lipinski definition) is 3. The third kappa shape index (κ3) is 2.38. The molecule has 0 amide bonds. The average Bonchev–Trinajstić information content (AvgIpc) is 2.98. The highest BCUT2D eigenvalue weighted by atomic mass is 16.5. The van der Waals surface area contributed by atoms with Gasteiger partial charge in [0.25, 0.3) is 0 Å². The topological polar surface area (TPSA) is 43.4 Å². The van der Waals surface area contributed by atoms with Crippen LogP contribution in [-0.4, -0.2) is 18.9 Å². The maximum atomic E-state index is 12.1. The lowest BCUT2D eigenvalue weighted by atomic mass is 9.47. The Hall–Kier alpha value is -1.38. The van der Waals surface area contributed by atoms with E-state index < -0.39 is 0 Å². The maximum Gasteiger partial charge on any atom is 0.333 e. The third-order valence-corrected chi connectivity index (χ3v) is 8.69. The van der Waals surface area contributed by atoms with Gasteiger partial charge in [-0.15, -0.1) is 0 Å². The SMILES string of the molecule is COC(=O)C(C)=C1CC[C@H]2[C@@H]3CCC4=CC(=O)CC[C@]4(C)[C@H]3CC[C@]12C. The molecule has 0 aliphatic heterocycles. The maximum absolute atomic E-state index is 12.1. The van der Waals surface area contributed by atoms with Gasteiger partial charge in [-0.2, -0.15) is 0 Å². The van der Waals surface area contributed by atoms with Crippen LogP contribution in [-0.2, 0) is 14.3 Å². The van der Waals surface area contributed by atoms with E-state index in [4.69, 9.17) is 4.74 Å². The van der Waals surface area contributed by atoms with Gasteiger partial charge in [-0.25, -0.2) is 4.79 Å². The lowest BCUT2D eigenvalue weighted by Crippen LogP contribution is -2.49. The lowest BCUT2D eigenvalue weighted by molar-refractivity contribution is -0.136. The molecule has 26 heavy (non-hydrogen) atoms. The highest BCUT2D eigenvalue weighted by molar-refractivity contribution is 5.91. The van der Waals surface area contributed by atoms with Gasteiger partial charge >= 0.3 is 5.97 Å². The van der Waals surface area contributed by atoms with Gasteiger partial charge in [0.05, 0.1) is 7.11 Å². The first-order valence-electron chi connectivity index (χ1n) is 10.3. The molecule has 0 saturated heterocycles. The predicted molar refractivity (Wildman–Crippen MR) is 101 cm³/mol. The average molecular weight is 357 g/mol. The van der Waals surface area contributed by atoms with E-state index in [1.165, 1.54) is 43.9 Å². The summed E-state index contributed by atoms with van der Waals surface area (Å²) in [5.74, 6) is 2.28. The van der Waals surface area contributed by atoms with Crippen molar-refractivity contribution < 1.29 is 14.3 Å². The number of carbonyl (C=O) groups is 2. The molecule has 0 radical (unpaired) electrons. The zero-order valence-electron chi connectivity index (χ0n) is 16.7. The monoisotopic (exact) mass is 356 g/mol. The van der Waals surface area contributed by atoms with Crippen LogP contribution in [0.5, 0.6) is 0 Å². The van der Waals surface area contributed by atoms with E-state index in [-0.39, 0.29) is 16.8 Å². The highest BCUT2D eigenvalue weighted by Crippen LogP contribution is 2.66. The number of allylic oxidation sites excluding steroid dienone is 2. The van der Waals surface area contributed by atoms with Crippen LogP contribution in [0.25, 0.3) is 0 Å². The van der Waals surface area contributed by atoms with Crippen molar-refractivity contribution in [3.05, 3.63) is 22.8 Å². The summed E-state index contributed by atoms with van der Waals surface area (Å²) in [4.78, 5) is 24.1. The molecule has 0 spiro atoms. The largest absolute Gasteiger partial charge is 0.466 e. The molecule has 5 atom stereocenters. The molecule has 0 aromatic heterocycles. The van der Waals surface area contributed by atoms with Crippen LogP contribution in [0.4, 0.5) is 0 Å². The molecule has 0 aromatic carbocycles. The van der Waals surface area contributed by atoms with Gasteiger partial charge < -0.3 is 4.74 Å². The molecular formula is C23H32O3. The van der Waals surface area contributed by atoms with Crippen molar-refractivity contribution >= 4 is 11.8 Å². The number of rotatable bonds is 1. The predicted octanol–water partition coefficient (Wildman–Crippen LogP) is 5.01. The first-order chi connectivity index (χ1) is 12.3. The number of ether oxygens (including phenoxy) is 1. The van der Waals surface area contributed by atoms with Crippen LogP contribution in [0.1, 0.15) is 72.1 Å². The Morgan fingerprint density at radius 1 is 1.04 bits per heavy atom. The molecule has 0 bridgehead atoms. The molecular weight excluding hydrogens is 324 g/mol. The van der Waals surface area contributed by atoms with Gasteiger partial charge in [0, 0.05) is 12.0 Å². The molecule has 4 aliphatic rings. The van der Waals surface area contributed by atoms with Crippen molar-refractivity contribution in [3.8, 4) is 0 Å². The van der Waals surface area contributed by atoms with Gasteiger partial charge in [-0.1, -0.05) is 25.0 Å². The summed E-state index contributed by atoms with van der Waals surface area (Å²) in [6.45, 7) is 6.79. The fourth-order valence-corrected chi connectivity index (χ4v) is 7.26. The third-order valence-electron chi connectivity index (χ3n) is 8.69. The molecule has 0 unspecified atom stereocenters. The summed E-state index contributed by atoms with van der Waals surface area (Å²) in [5, 5.41) is 0. The molecule has 4 aliphatic carbocycles. The first kappa shape index (κ1) is 18.0. The second kappa shape index (κ2) is 6.07. The van der Waals surface area contributed by atoms with Crippen molar-refractivity contribution in [2.45, 2.75) is 72.1 Å². The summed E-state index contributed by atoms with van der Waals surface area (Å²) < 4.78 is 5.02. The van der Waals surface area contributed by atoms with E-state index in [1.807, 2.05) is 13.0 Å². The fourth-order valence-electron chi connectivity index (χ4n) is 7.26. The van der Waals surface area contributed by atoms with Crippen LogP contribution in [0.2, 0.25) is 0 Å². The summed E-state index contributed by atoms with van der Waals surface area (Å²) in [6.07, 6.45) is 10.7. The summed E-state index contributed by atoms with van der Waals surface area (Å²) in [5.41, 5.74) is 4.02. The van der Waals surface area contributed by atoms with Crippen LogP contribution in [0.3, 0.4) is 0 Å². The summed E-state index contributed by atoms with van der Waals surface area (Å²) >= 11 is 0. The second-order valence-corrected chi connectivity index (χ2v) is 9.56. The number of hydrogen-bond donors (Lipinski definition) is 0. The molecule has 0 N–H and O–H groups in total. The Bertz CT molecular complexity index is 715. The first-order valence-corrected chi connectivity index (χ1v) is 10.3. The van der Waals surface area contributed by atoms with Gasteiger partial charge in [0.1, 0.15) is 0 Å². The molecule has 3 saturated carbocycles. The van der Waals surface area contributed by atoms with Gasteiger partial charge in [0.15, 0.2) is 5.78 Å². The molecule has 3 fully saturated rings. The lowest BCUT2D eigenvalue weighted by Gasteiger charge is -2.57. The number of fused-ring (bicyclic) bond motifs is 5. The number of carbonyl (C=O) groups excluding carboxylic acids is 2. The van der Waals surface area contributed by atoms with Crippen LogP contribution in [0.15, 0.2) is 22.8 Å². The van der Waals surface area contributed by atoms with E-state index in [9.17, 15) is 9.59 Å². The second-order valence-electron chi connectivity index (χ2n) is 9.56. The standard InChI is InChI=1S/C23H32O3/c1-14(21(25)26-4)18-7-8-19-17-6-5-15-13-16(24)9-11-22(15,2)20(17)10-12-23(18,19)3/h13,17,19-20H,5-12H2,1-4H3/t17-,19-,20-,22-,23+/m0/s1. The Kier molecular flexibility index (Phi) is 4.20. The van der Waals surface area contributed by atoms with Crippen LogP contribution in [0, 0.1) is 28.6 Å². The molecule has 0 heterocycles. The Morgan fingerprint density at radius 3 is 2.50 bits per heavy atom. The Balaban J connectivity index is 1.68. The molecule has 3 nitrogen and oxygen atoms in total. The van der Waals surface area contributed by atoms with E-state index >= 15 is 0 Å². The minimum absolute atomic E-state index is 0.154. The zero-order chi connectivity index (χ0) is 18.7. The van der Waals surface area contributed by atoms with Crippen molar-refractivity contribution in [3.63, 3.8) is 0 Å². The Labute approximate surface area is 157 Å². The highest BCUT2D eigenvalue weighted by Gasteiger charge is 2.57. The van der Waals surface area contributed by atoms with E-state index in [1.54, 1.807) is 0 Å². The quantitative estimate of drug-likeness (QED) is 0.490. The van der Waals surface area contributed by atoms with Crippen molar-refractivity contribution in [1.82, 2.24) is 0 Å². The molecule has 3 heteroatoms. The number of esters is 1. The smallest absolute Gasteiger partial charge is 0.333 e. The van der Waals surface area contributed by atoms with Gasteiger partial charge in [0.2, 0.25) is 0 Å². The minimum Gasteiger partial charge on any atom is -0.466 e. The molecule has 142 valence electrons. The van der Waals surface area contributed by atoms with Gasteiger partial charge in [-0.05, 0) is 86.5 Å². The van der Waals surface area contributed by atoms with Crippen molar-refractivity contribution in [1.29, 1.82) is 0 Å². The zero-order valence-corrected chi connectivity index (χ0v) is 16.7. The fraction of sp³-hybridized carbons (Fsp3) is 0.739. The van der Waals surface area contributed by atoms with E-state index in [2.05, 4.69) is 13.8 Å². The molecule has 0 aromatic rings. The van der Waals surface area contributed by atoms with Crippen LogP contribution >= 0.6 is 0 Å². The van der Waals surface area contributed by atoms with E-state index in [0.29, 0.717) is 17.6 Å². The normalized spacial score (nSPS) is 43.8. The summed E-state index contributed by atoms with van der Waals surface area (Å²) in [7, 11) is 1.48. The number of methoxy groups -OCH3 is 1. The Morgan fingerprint density at radius 2 is 1.77 bits per heavy atom. The van der Waals surface area contributed by atoms with Crippen molar-refractivity contribution in [2.75, 3.05) is 7.11 Å².